The number of nitrogens with zero attached hydrogens (tertiary/aromatic N) is 1. The maximum absolute atomic E-state index is 14.4. The summed E-state index contributed by atoms with van der Waals surface area (Å²) in [5.74, 6) is -0.162. The molecule has 0 aliphatic carbocycles. The van der Waals surface area contributed by atoms with Crippen molar-refractivity contribution in [3.05, 3.63) is 29.6 Å². The first-order valence-corrected chi connectivity index (χ1v) is 7.66. The van der Waals surface area contributed by atoms with Gasteiger partial charge in [0.25, 0.3) is 0 Å². The van der Waals surface area contributed by atoms with E-state index in [4.69, 9.17) is 4.74 Å². The van der Waals surface area contributed by atoms with Crippen LogP contribution in [0.1, 0.15) is 39.7 Å². The highest BCUT2D eigenvalue weighted by Crippen LogP contribution is 2.30. The highest BCUT2D eigenvalue weighted by atomic mass is 19.1. The number of benzene rings is 1. The average molecular weight is 294 g/mol. The van der Waals surface area contributed by atoms with Gasteiger partial charge in [0, 0.05) is 25.7 Å². The van der Waals surface area contributed by atoms with Crippen LogP contribution in [-0.4, -0.2) is 31.3 Å². The number of rotatable bonds is 4. The fourth-order valence-corrected chi connectivity index (χ4v) is 2.85. The van der Waals surface area contributed by atoms with E-state index in [-0.39, 0.29) is 23.5 Å². The Morgan fingerprint density at radius 1 is 1.38 bits per heavy atom. The van der Waals surface area contributed by atoms with Gasteiger partial charge < -0.3 is 15.0 Å². The smallest absolute Gasteiger partial charge is 0.146 e. The molecule has 0 radical (unpaired) electrons. The predicted octanol–water partition coefficient (Wildman–Crippen LogP) is 3.33. The van der Waals surface area contributed by atoms with E-state index in [1.54, 1.807) is 6.07 Å². The van der Waals surface area contributed by atoms with Crippen molar-refractivity contribution in [2.45, 2.75) is 58.3 Å². The zero-order valence-corrected chi connectivity index (χ0v) is 13.7. The van der Waals surface area contributed by atoms with Crippen LogP contribution < -0.4 is 10.2 Å². The molecule has 1 saturated heterocycles. The quantitative estimate of drug-likeness (QED) is 0.922. The molecule has 3 nitrogen and oxygen atoms in total. The van der Waals surface area contributed by atoms with Gasteiger partial charge in [-0.15, -0.1) is 0 Å². The van der Waals surface area contributed by atoms with Crippen LogP contribution >= 0.6 is 0 Å². The topological polar surface area (TPSA) is 24.5 Å². The third-order valence-corrected chi connectivity index (χ3v) is 4.07. The molecule has 1 aromatic carbocycles. The van der Waals surface area contributed by atoms with E-state index in [1.165, 1.54) is 6.07 Å². The molecule has 2 unspecified atom stereocenters. The molecule has 21 heavy (non-hydrogen) atoms. The van der Waals surface area contributed by atoms with Crippen LogP contribution in [0.5, 0.6) is 0 Å². The first kappa shape index (κ1) is 16.2. The molecule has 1 aromatic rings. The molecule has 118 valence electrons. The van der Waals surface area contributed by atoms with Crippen molar-refractivity contribution in [2.75, 3.05) is 18.6 Å². The van der Waals surface area contributed by atoms with Gasteiger partial charge >= 0.3 is 0 Å². The summed E-state index contributed by atoms with van der Waals surface area (Å²) in [5.41, 5.74) is 1.69. The monoisotopic (exact) mass is 294 g/mol. The molecule has 1 fully saturated rings. The summed E-state index contributed by atoms with van der Waals surface area (Å²) >= 11 is 0. The Hall–Kier alpha value is -1.13. The van der Waals surface area contributed by atoms with Crippen LogP contribution in [0.3, 0.4) is 0 Å². The minimum atomic E-state index is -0.162. The Balaban J connectivity index is 2.24. The second kappa shape index (κ2) is 6.32. The third kappa shape index (κ3) is 3.95. The number of para-hydroxylation sites is 1. The minimum Gasteiger partial charge on any atom is -0.376 e. The van der Waals surface area contributed by atoms with Crippen LogP contribution in [-0.2, 0) is 11.3 Å². The Kier molecular flexibility index (Phi) is 4.89. The lowest BCUT2D eigenvalue weighted by atomic mass is 10.0. The highest BCUT2D eigenvalue weighted by Gasteiger charge is 2.30. The Morgan fingerprint density at radius 3 is 2.67 bits per heavy atom. The molecule has 2 atom stereocenters. The van der Waals surface area contributed by atoms with E-state index >= 15 is 0 Å². The molecule has 1 N–H and O–H groups in total. The van der Waals surface area contributed by atoms with Crippen LogP contribution in [0.15, 0.2) is 18.2 Å². The molecule has 2 rings (SSSR count). The summed E-state index contributed by atoms with van der Waals surface area (Å²) in [6, 6.07) is 5.54. The van der Waals surface area contributed by atoms with Gasteiger partial charge in [0.05, 0.1) is 17.8 Å². The summed E-state index contributed by atoms with van der Waals surface area (Å²) in [7, 11) is 1.97. The number of anilines is 1. The molecule has 0 amide bonds. The van der Waals surface area contributed by atoms with Gasteiger partial charge in [-0.1, -0.05) is 12.1 Å². The van der Waals surface area contributed by atoms with E-state index in [9.17, 15) is 4.39 Å². The van der Waals surface area contributed by atoms with E-state index in [0.29, 0.717) is 12.2 Å². The average Bonchev–Trinajstić information content (AvgIpc) is 2.81. The molecule has 4 heteroatoms. The Bertz CT molecular complexity index is 484. The highest BCUT2D eigenvalue weighted by molar-refractivity contribution is 5.55. The summed E-state index contributed by atoms with van der Waals surface area (Å²) in [6.07, 6.45) is 1.08. The zero-order chi connectivity index (χ0) is 15.6. The molecular weight excluding hydrogens is 267 g/mol. The summed E-state index contributed by atoms with van der Waals surface area (Å²) in [6.45, 7) is 9.80. The molecule has 0 spiro atoms. The zero-order valence-electron chi connectivity index (χ0n) is 13.7. The Labute approximate surface area is 127 Å². The van der Waals surface area contributed by atoms with Crippen LogP contribution in [0.2, 0.25) is 0 Å². The number of likely N-dealkylation sites (N-methyl/N-ethyl adjacent to an activating group) is 1. The van der Waals surface area contributed by atoms with Gasteiger partial charge in [0.15, 0.2) is 0 Å². The standard InChI is InChI=1S/C17H27FN2O/c1-12-15(9-10-21-12)20(5)16-13(7-6-8-14(16)18)11-19-17(2,3)4/h6-8,12,15,19H,9-11H2,1-5H3. The normalized spacial score (nSPS) is 22.6. The van der Waals surface area contributed by atoms with Crippen molar-refractivity contribution >= 4 is 5.69 Å². The fraction of sp³-hybridized carbons (Fsp3) is 0.647. The van der Waals surface area contributed by atoms with Gasteiger partial charge in [-0.25, -0.2) is 4.39 Å². The van der Waals surface area contributed by atoms with E-state index in [1.807, 2.05) is 18.0 Å². The van der Waals surface area contributed by atoms with Crippen molar-refractivity contribution in [1.29, 1.82) is 0 Å². The van der Waals surface area contributed by atoms with E-state index in [0.717, 1.165) is 18.6 Å². The molecule has 1 aliphatic heterocycles. The van der Waals surface area contributed by atoms with Gasteiger partial charge in [0.2, 0.25) is 0 Å². The molecule has 0 saturated carbocycles. The molecule has 1 heterocycles. The van der Waals surface area contributed by atoms with Crippen LogP contribution in [0.4, 0.5) is 10.1 Å². The molecule has 1 aliphatic rings. The Morgan fingerprint density at radius 2 is 2.10 bits per heavy atom. The number of ether oxygens (including phenoxy) is 1. The van der Waals surface area contributed by atoms with Crippen LogP contribution in [0, 0.1) is 5.82 Å². The van der Waals surface area contributed by atoms with Crippen LogP contribution in [0.25, 0.3) is 0 Å². The fourth-order valence-electron chi connectivity index (χ4n) is 2.85. The van der Waals surface area contributed by atoms with Crippen molar-refractivity contribution in [3.63, 3.8) is 0 Å². The number of nitrogens with one attached hydrogen (secondary N) is 1. The molecule has 0 aromatic heterocycles. The van der Waals surface area contributed by atoms with E-state index < -0.39 is 0 Å². The minimum absolute atomic E-state index is 0.00587. The maximum atomic E-state index is 14.4. The lowest BCUT2D eigenvalue weighted by Gasteiger charge is -2.31. The van der Waals surface area contributed by atoms with E-state index in [2.05, 4.69) is 33.0 Å². The van der Waals surface area contributed by atoms with Crippen molar-refractivity contribution in [2.24, 2.45) is 0 Å². The number of hydrogen-bond acceptors (Lipinski definition) is 3. The molecule has 0 bridgehead atoms. The lowest BCUT2D eigenvalue weighted by Crippen LogP contribution is -2.39. The van der Waals surface area contributed by atoms with Gasteiger partial charge in [-0.05, 0) is 45.7 Å². The first-order chi connectivity index (χ1) is 9.79. The number of halogens is 1. The predicted molar refractivity (Wildman–Crippen MR) is 85.2 cm³/mol. The lowest BCUT2D eigenvalue weighted by molar-refractivity contribution is 0.118. The molecular formula is C17H27FN2O. The van der Waals surface area contributed by atoms with Gasteiger partial charge in [-0.2, -0.15) is 0 Å². The number of hydrogen-bond donors (Lipinski definition) is 1. The second-order valence-electron chi connectivity index (χ2n) is 6.89. The second-order valence-corrected chi connectivity index (χ2v) is 6.89. The first-order valence-electron chi connectivity index (χ1n) is 7.66. The van der Waals surface area contributed by atoms with Crippen molar-refractivity contribution < 1.29 is 9.13 Å². The summed E-state index contributed by atoms with van der Waals surface area (Å²) < 4.78 is 20.0. The summed E-state index contributed by atoms with van der Waals surface area (Å²) in [5, 5.41) is 3.44. The third-order valence-electron chi connectivity index (χ3n) is 4.07. The maximum Gasteiger partial charge on any atom is 0.146 e. The van der Waals surface area contributed by atoms with Gasteiger partial charge in [0.1, 0.15) is 5.82 Å². The summed E-state index contributed by atoms with van der Waals surface area (Å²) in [4.78, 5) is 2.05. The van der Waals surface area contributed by atoms with Crippen molar-refractivity contribution in [3.8, 4) is 0 Å². The van der Waals surface area contributed by atoms with Gasteiger partial charge in [-0.3, -0.25) is 0 Å². The SMILES string of the molecule is CC1OCCC1N(C)c1c(F)cccc1CNC(C)(C)C. The van der Waals surface area contributed by atoms with Crippen molar-refractivity contribution in [1.82, 2.24) is 5.32 Å². The largest absolute Gasteiger partial charge is 0.376 e.